The molecule has 0 saturated heterocycles. The summed E-state index contributed by atoms with van der Waals surface area (Å²) < 4.78 is 66.8. The fourth-order valence-electron chi connectivity index (χ4n) is 4.19. The zero-order chi connectivity index (χ0) is 26.7. The number of alkyl halides is 3. The fraction of sp³-hybridized carbons (Fsp3) is 0.385. The quantitative estimate of drug-likeness (QED) is 0.293. The van der Waals surface area contributed by atoms with Crippen LogP contribution in [0.3, 0.4) is 0 Å². The van der Waals surface area contributed by atoms with Gasteiger partial charge in [0.2, 0.25) is 0 Å². The average Bonchev–Trinajstić information content (AvgIpc) is 2.80. The Bertz CT molecular complexity index is 1250. The molecule has 1 heterocycles. The van der Waals surface area contributed by atoms with Gasteiger partial charge in [-0.3, -0.25) is 4.79 Å². The van der Waals surface area contributed by atoms with E-state index in [-0.39, 0.29) is 17.9 Å². The maximum absolute atomic E-state index is 14.2. The normalized spacial score (nSPS) is 13.8. The minimum atomic E-state index is -4.99. The summed E-state index contributed by atoms with van der Waals surface area (Å²) in [4.78, 5) is 15.4. The highest BCUT2D eigenvalue weighted by Gasteiger charge is 2.56. The molecule has 0 bridgehead atoms. The number of hydrogen-bond donors (Lipinski definition) is 2. The van der Waals surface area contributed by atoms with Gasteiger partial charge >= 0.3 is 12.1 Å². The number of nitrogens with zero attached hydrogens (tertiary/aromatic N) is 1. The van der Waals surface area contributed by atoms with Crippen molar-refractivity contribution in [2.24, 2.45) is 0 Å². The molecule has 2 N–H and O–H groups in total. The van der Waals surface area contributed by atoms with E-state index in [4.69, 9.17) is 9.47 Å². The van der Waals surface area contributed by atoms with Crippen LogP contribution in [-0.2, 0) is 21.6 Å². The minimum absolute atomic E-state index is 0.0324. The topological polar surface area (TPSA) is 80.7 Å². The molecular weight excluding hydrogens is 480 g/mol. The number of para-hydroxylation sites is 1. The molecule has 10 heteroatoms. The number of halogens is 4. The molecule has 3 aromatic rings. The molecule has 0 spiro atoms. The Kier molecular flexibility index (Phi) is 7.78. The summed E-state index contributed by atoms with van der Waals surface area (Å²) in [6.07, 6.45) is -5.75. The van der Waals surface area contributed by atoms with Crippen LogP contribution in [0.2, 0.25) is 0 Å². The molecule has 0 aliphatic heterocycles. The van der Waals surface area contributed by atoms with Gasteiger partial charge in [0.05, 0.1) is 24.9 Å². The van der Waals surface area contributed by atoms with Crippen LogP contribution >= 0.6 is 0 Å². The van der Waals surface area contributed by atoms with Crippen LogP contribution < -0.4 is 10.1 Å². The van der Waals surface area contributed by atoms with Crippen LogP contribution in [0.25, 0.3) is 10.9 Å². The molecule has 0 aliphatic carbocycles. The zero-order valence-corrected chi connectivity index (χ0v) is 20.4. The zero-order valence-electron chi connectivity index (χ0n) is 20.4. The van der Waals surface area contributed by atoms with Crippen LogP contribution in [-0.4, -0.2) is 41.5 Å². The van der Waals surface area contributed by atoms with E-state index >= 15 is 0 Å². The summed E-state index contributed by atoms with van der Waals surface area (Å²) in [7, 11) is 1.24. The number of rotatable bonds is 9. The van der Waals surface area contributed by atoms with Crippen molar-refractivity contribution in [3.8, 4) is 5.75 Å². The summed E-state index contributed by atoms with van der Waals surface area (Å²) in [5, 5.41) is 14.1. The number of hydrogen-bond acceptors (Lipinski definition) is 6. The molecule has 6 nitrogen and oxygen atoms in total. The molecule has 0 fully saturated rings. The number of aliphatic hydroxyl groups is 1. The van der Waals surface area contributed by atoms with Crippen LogP contribution in [0.1, 0.15) is 38.4 Å². The lowest BCUT2D eigenvalue weighted by Gasteiger charge is -2.38. The van der Waals surface area contributed by atoms with Crippen molar-refractivity contribution < 1.29 is 36.9 Å². The number of pyridine rings is 1. The number of aromatic nitrogens is 1. The Morgan fingerprint density at radius 1 is 1.08 bits per heavy atom. The largest absolute Gasteiger partial charge is 0.493 e. The standard InChI is InChI=1S/C26H28F4N2O4/c1-16(33)36-13-17-11-12-18-21(9-6-10-22(18)32-17)31-15-25(34,26(28,29)30)14-24(2,3)19-7-5-8-20(27)23(19)35-4/h5-12,31,34H,13-15H2,1-4H3/t25-/m0/s1. The van der Waals surface area contributed by atoms with Crippen molar-refractivity contribution in [2.45, 2.75) is 51.0 Å². The van der Waals surface area contributed by atoms with E-state index in [0.717, 1.165) is 6.07 Å². The van der Waals surface area contributed by atoms with Crippen molar-refractivity contribution in [1.82, 2.24) is 4.98 Å². The Morgan fingerprint density at radius 3 is 2.42 bits per heavy atom. The Morgan fingerprint density at radius 2 is 1.78 bits per heavy atom. The number of carbonyl (C=O) groups is 1. The Balaban J connectivity index is 1.89. The Hall–Kier alpha value is -3.40. The second-order valence-corrected chi connectivity index (χ2v) is 9.22. The summed E-state index contributed by atoms with van der Waals surface area (Å²) >= 11 is 0. The summed E-state index contributed by atoms with van der Waals surface area (Å²) in [6, 6.07) is 12.1. The second kappa shape index (κ2) is 10.3. The number of methoxy groups -OCH3 is 1. The van der Waals surface area contributed by atoms with Gasteiger partial charge < -0.3 is 19.9 Å². The smallest absolute Gasteiger partial charge is 0.418 e. The lowest BCUT2D eigenvalue weighted by Crippen LogP contribution is -2.53. The first-order chi connectivity index (χ1) is 16.8. The predicted octanol–water partition coefficient (Wildman–Crippen LogP) is 5.52. The van der Waals surface area contributed by atoms with Gasteiger partial charge in [-0.15, -0.1) is 0 Å². The monoisotopic (exact) mass is 508 g/mol. The number of carbonyl (C=O) groups excluding carboxylic acids is 1. The third-order valence-electron chi connectivity index (χ3n) is 5.95. The summed E-state index contributed by atoms with van der Waals surface area (Å²) in [5.41, 5.74) is -2.95. The van der Waals surface area contributed by atoms with Crippen molar-refractivity contribution in [2.75, 3.05) is 19.0 Å². The molecule has 0 saturated carbocycles. The molecule has 3 rings (SSSR count). The number of anilines is 1. The van der Waals surface area contributed by atoms with E-state index in [9.17, 15) is 27.5 Å². The van der Waals surface area contributed by atoms with Gasteiger partial charge in [0.15, 0.2) is 17.2 Å². The van der Waals surface area contributed by atoms with Gasteiger partial charge in [0.1, 0.15) is 6.61 Å². The number of ether oxygens (including phenoxy) is 2. The van der Waals surface area contributed by atoms with E-state index < -0.39 is 41.9 Å². The molecule has 194 valence electrons. The second-order valence-electron chi connectivity index (χ2n) is 9.22. The van der Waals surface area contributed by atoms with Gasteiger partial charge in [-0.05, 0) is 42.2 Å². The molecule has 0 unspecified atom stereocenters. The first kappa shape index (κ1) is 27.2. The van der Waals surface area contributed by atoms with Crippen LogP contribution in [0, 0.1) is 5.82 Å². The first-order valence-corrected chi connectivity index (χ1v) is 11.2. The fourth-order valence-corrected chi connectivity index (χ4v) is 4.19. The number of nitrogens with one attached hydrogen (secondary N) is 1. The van der Waals surface area contributed by atoms with E-state index in [2.05, 4.69) is 10.3 Å². The highest BCUT2D eigenvalue weighted by atomic mass is 19.4. The maximum Gasteiger partial charge on any atom is 0.418 e. The van der Waals surface area contributed by atoms with E-state index in [1.54, 1.807) is 30.3 Å². The minimum Gasteiger partial charge on any atom is -0.493 e. The summed E-state index contributed by atoms with van der Waals surface area (Å²) in [5.74, 6) is -1.32. The number of esters is 1. The van der Waals surface area contributed by atoms with E-state index in [1.807, 2.05) is 0 Å². The predicted molar refractivity (Wildman–Crippen MR) is 127 cm³/mol. The highest BCUT2D eigenvalue weighted by molar-refractivity contribution is 5.91. The highest BCUT2D eigenvalue weighted by Crippen LogP contribution is 2.44. The van der Waals surface area contributed by atoms with Crippen molar-refractivity contribution in [1.29, 1.82) is 0 Å². The maximum atomic E-state index is 14.2. The van der Waals surface area contributed by atoms with Gasteiger partial charge in [-0.1, -0.05) is 32.0 Å². The number of fused-ring (bicyclic) bond motifs is 1. The molecule has 0 aliphatic rings. The lowest BCUT2D eigenvalue weighted by atomic mass is 9.74. The molecule has 0 amide bonds. The SMILES string of the molecule is COc1c(F)cccc1C(C)(C)C[C@](O)(CNc1cccc2nc(COC(C)=O)ccc12)C(F)(F)F. The van der Waals surface area contributed by atoms with Crippen molar-refractivity contribution in [3.63, 3.8) is 0 Å². The van der Waals surface area contributed by atoms with Crippen molar-refractivity contribution >= 4 is 22.6 Å². The lowest BCUT2D eigenvalue weighted by molar-refractivity contribution is -0.260. The summed E-state index contributed by atoms with van der Waals surface area (Å²) in [6.45, 7) is 3.37. The molecule has 0 radical (unpaired) electrons. The molecule has 36 heavy (non-hydrogen) atoms. The third-order valence-corrected chi connectivity index (χ3v) is 5.95. The van der Waals surface area contributed by atoms with Crippen LogP contribution in [0.4, 0.5) is 23.2 Å². The van der Waals surface area contributed by atoms with Gasteiger partial charge in [-0.25, -0.2) is 9.37 Å². The van der Waals surface area contributed by atoms with Gasteiger partial charge in [0.25, 0.3) is 0 Å². The van der Waals surface area contributed by atoms with E-state index in [0.29, 0.717) is 22.3 Å². The number of benzene rings is 2. The van der Waals surface area contributed by atoms with Crippen molar-refractivity contribution in [3.05, 3.63) is 65.6 Å². The van der Waals surface area contributed by atoms with Gasteiger partial charge in [-0.2, -0.15) is 13.2 Å². The molecular formula is C26H28F4N2O4. The third kappa shape index (κ3) is 5.87. The molecule has 1 aromatic heterocycles. The Labute approximate surface area is 206 Å². The molecule has 1 atom stereocenters. The first-order valence-electron chi connectivity index (χ1n) is 11.2. The van der Waals surface area contributed by atoms with Crippen LogP contribution in [0.5, 0.6) is 5.75 Å². The average molecular weight is 509 g/mol. The van der Waals surface area contributed by atoms with Crippen LogP contribution in [0.15, 0.2) is 48.5 Å². The van der Waals surface area contributed by atoms with Gasteiger partial charge in [0, 0.05) is 23.6 Å². The van der Waals surface area contributed by atoms with E-state index in [1.165, 1.54) is 40.0 Å². The molecule has 2 aromatic carbocycles.